The molecule has 2 N–H and O–H groups in total. The molecule has 2 aliphatic carbocycles. The summed E-state index contributed by atoms with van der Waals surface area (Å²) >= 11 is 0. The van der Waals surface area contributed by atoms with Crippen molar-refractivity contribution in [2.45, 2.75) is 75.8 Å². The van der Waals surface area contributed by atoms with Gasteiger partial charge in [0.1, 0.15) is 29.9 Å². The number of nitrogens with zero attached hydrogens (tertiary/aromatic N) is 4. The number of hydrogen-bond acceptors (Lipinski definition) is 14. The predicted octanol–water partition coefficient (Wildman–Crippen LogP) is 10.6. The van der Waals surface area contributed by atoms with Gasteiger partial charge in [0, 0.05) is 61.9 Å². The number of aliphatic hydroxyl groups excluding tert-OH is 2. The normalized spacial score (nSPS) is 21.7. The van der Waals surface area contributed by atoms with Crippen molar-refractivity contribution in [2.24, 2.45) is 22.9 Å². The third kappa shape index (κ3) is 11.2. The number of ether oxygens (including phenoxy) is 5. The summed E-state index contributed by atoms with van der Waals surface area (Å²) in [7, 11) is 0. The van der Waals surface area contributed by atoms with E-state index in [1.807, 2.05) is 54.6 Å². The summed E-state index contributed by atoms with van der Waals surface area (Å²) in [6.45, 7) is 4.36. The van der Waals surface area contributed by atoms with E-state index in [0.29, 0.717) is 60.0 Å². The van der Waals surface area contributed by atoms with Gasteiger partial charge in [-0.1, -0.05) is 72.6 Å². The molecule has 6 unspecified atom stereocenters. The van der Waals surface area contributed by atoms with Gasteiger partial charge in [0.2, 0.25) is 18.5 Å². The highest BCUT2D eigenvalue weighted by Gasteiger charge is 2.65. The van der Waals surface area contributed by atoms with Crippen LogP contribution in [0.15, 0.2) is 151 Å². The summed E-state index contributed by atoms with van der Waals surface area (Å²) in [5.41, 5.74) is 4.16. The summed E-state index contributed by atoms with van der Waals surface area (Å²) in [4.78, 5) is 45.7. The minimum absolute atomic E-state index is 0.00627. The van der Waals surface area contributed by atoms with Crippen LogP contribution in [0.1, 0.15) is 73.1 Å². The first-order valence-electron chi connectivity index (χ1n) is 24.9. The fourth-order valence-corrected chi connectivity index (χ4v) is 10.8. The van der Waals surface area contributed by atoms with E-state index >= 15 is 4.79 Å². The predicted molar refractivity (Wildman–Crippen MR) is 275 cm³/mol. The van der Waals surface area contributed by atoms with Crippen molar-refractivity contribution in [1.29, 1.82) is 0 Å². The number of carbonyl (C=O) groups excluding carboxylic acids is 1. The molecule has 1 fully saturated rings. The van der Waals surface area contributed by atoms with E-state index < -0.39 is 39.4 Å². The number of amides is 1. The van der Waals surface area contributed by atoms with Gasteiger partial charge in [0.05, 0.1) is 34.1 Å². The minimum atomic E-state index is -1.63. The van der Waals surface area contributed by atoms with Crippen LogP contribution in [-0.4, -0.2) is 75.0 Å². The van der Waals surface area contributed by atoms with Crippen molar-refractivity contribution in [3.8, 4) is 28.7 Å². The number of rotatable bonds is 23. The van der Waals surface area contributed by atoms with Gasteiger partial charge in [-0.3, -0.25) is 25.0 Å². The lowest BCUT2D eigenvalue weighted by atomic mass is 9.55. The molecule has 384 valence electrons. The van der Waals surface area contributed by atoms with E-state index in [2.05, 4.69) is 12.7 Å². The van der Waals surface area contributed by atoms with Gasteiger partial charge in [-0.2, -0.15) is 0 Å². The Morgan fingerprint density at radius 3 is 2.31 bits per heavy atom. The number of non-ortho nitro benzene ring substituents is 2. The molecule has 17 heteroatoms. The van der Waals surface area contributed by atoms with Crippen molar-refractivity contribution in [3.63, 3.8) is 0 Å². The van der Waals surface area contributed by atoms with Gasteiger partial charge in [0.25, 0.3) is 11.4 Å². The SMILES string of the molecule is C=CCOC12Oc3ccc(Oc4cccc([N+](=O)[O-])c4)cc3C3C(CCCCO)C(CCCCO)C=C(C(=NOCc4ccccc4)CC1N(Cc1ccc4c(c1)OCO4)C(=O)C=Cc1ccc([N+](=O)[O-])cc1)C32. The molecule has 1 amide bonds. The molecule has 74 heavy (non-hydrogen) atoms. The number of nitro benzene ring substituents is 2. The monoisotopic (exact) mass is 1010 g/mol. The Bertz CT molecular complexity index is 2930. The maximum Gasteiger partial charge on any atom is 0.273 e. The molecule has 2 heterocycles. The van der Waals surface area contributed by atoms with E-state index in [4.69, 9.17) is 33.7 Å². The Kier molecular flexibility index (Phi) is 16.1. The van der Waals surface area contributed by atoms with Gasteiger partial charge >= 0.3 is 0 Å². The summed E-state index contributed by atoms with van der Waals surface area (Å²) in [6, 6.07) is 31.6. The number of benzene rings is 5. The molecule has 0 bridgehead atoms. The standard InChI is InChI=1S/C57H58N4O13/c1-2-29-71-57-53(59(35-40-19-24-51-52(30-40)70-37-69-51)54(64)26-20-38-17-21-42(22-18-38)60(65)66)34-49(58-72-36-39-11-4-3-5-12-39)47-31-41(13-6-8-27-62)46(16-7-9-28-63)55(56(47)57)48-33-45(23-25-50(48)74-57)73-44-15-10-14-43(32-44)61(67)68/h2-5,10-12,14-15,17-26,30-33,41,46,53,55-56,62-63H,1,6-9,13,16,27-29,34-37H2. The highest BCUT2D eigenvalue weighted by Crippen LogP contribution is 2.62. The molecule has 0 saturated heterocycles. The second-order valence-electron chi connectivity index (χ2n) is 18.7. The van der Waals surface area contributed by atoms with Crippen LogP contribution in [0.2, 0.25) is 0 Å². The third-order valence-corrected chi connectivity index (χ3v) is 14.1. The molecule has 1 saturated carbocycles. The lowest BCUT2D eigenvalue weighted by Gasteiger charge is -2.60. The highest BCUT2D eigenvalue weighted by atomic mass is 16.7. The first-order valence-corrected chi connectivity index (χ1v) is 24.9. The van der Waals surface area contributed by atoms with Crippen LogP contribution in [0.3, 0.4) is 0 Å². The van der Waals surface area contributed by atoms with E-state index in [1.54, 1.807) is 53.5 Å². The maximum absolute atomic E-state index is 15.4. The number of carbonyl (C=O) groups is 1. The Balaban J connectivity index is 1.24. The molecule has 0 spiro atoms. The Hall–Kier alpha value is -7.86. The Morgan fingerprint density at radius 2 is 1.55 bits per heavy atom. The van der Waals surface area contributed by atoms with Crippen molar-refractivity contribution >= 4 is 29.1 Å². The van der Waals surface area contributed by atoms with Crippen LogP contribution >= 0.6 is 0 Å². The van der Waals surface area contributed by atoms with Crippen LogP contribution in [0, 0.1) is 38.0 Å². The fraction of sp³-hybridized carbons (Fsp3) is 0.333. The van der Waals surface area contributed by atoms with Gasteiger partial charge in [-0.15, -0.1) is 6.58 Å². The average molecular weight is 1010 g/mol. The Morgan fingerprint density at radius 1 is 0.811 bits per heavy atom. The third-order valence-electron chi connectivity index (χ3n) is 14.1. The summed E-state index contributed by atoms with van der Waals surface area (Å²) in [6.07, 6.45) is 11.0. The van der Waals surface area contributed by atoms with Crippen LogP contribution in [0.4, 0.5) is 11.4 Å². The first-order chi connectivity index (χ1) is 36.1. The average Bonchev–Trinajstić information content (AvgIpc) is 3.89. The van der Waals surface area contributed by atoms with Crippen molar-refractivity contribution < 1.29 is 53.4 Å². The van der Waals surface area contributed by atoms with Crippen LogP contribution in [-0.2, 0) is 27.5 Å². The zero-order valence-corrected chi connectivity index (χ0v) is 40.7. The number of hydrogen-bond donors (Lipinski definition) is 2. The number of unbranched alkanes of at least 4 members (excludes halogenated alkanes) is 2. The molecule has 0 aromatic heterocycles. The largest absolute Gasteiger partial charge is 0.459 e. The quantitative estimate of drug-likeness (QED) is 0.0205. The fourth-order valence-electron chi connectivity index (χ4n) is 10.8. The zero-order valence-electron chi connectivity index (χ0n) is 40.7. The molecule has 5 aromatic carbocycles. The number of aliphatic hydroxyl groups is 2. The van der Waals surface area contributed by atoms with E-state index in [-0.39, 0.29) is 75.1 Å². The highest BCUT2D eigenvalue weighted by molar-refractivity contribution is 6.03. The molecular weight excluding hydrogens is 949 g/mol. The van der Waals surface area contributed by atoms with Gasteiger partial charge in [-0.05, 0) is 114 Å². The number of oxime groups is 1. The number of allylic oxidation sites excluding steroid dienone is 1. The van der Waals surface area contributed by atoms with Crippen molar-refractivity contribution in [2.75, 3.05) is 26.6 Å². The van der Waals surface area contributed by atoms with Crippen molar-refractivity contribution in [3.05, 3.63) is 188 Å². The van der Waals surface area contributed by atoms with Gasteiger partial charge in [0.15, 0.2) is 11.5 Å². The lowest BCUT2D eigenvalue weighted by Crippen LogP contribution is -2.70. The molecular formula is C57H58N4O13. The molecule has 4 aliphatic rings. The van der Waals surface area contributed by atoms with E-state index in [0.717, 1.165) is 35.1 Å². The van der Waals surface area contributed by atoms with E-state index in [1.165, 1.54) is 30.3 Å². The summed E-state index contributed by atoms with van der Waals surface area (Å²) in [5.74, 6) is -1.04. The smallest absolute Gasteiger partial charge is 0.273 e. The second-order valence-corrected chi connectivity index (χ2v) is 18.7. The second kappa shape index (κ2) is 23.3. The number of nitro groups is 2. The Labute approximate surface area is 428 Å². The number of fused-ring (bicyclic) bond motifs is 3. The van der Waals surface area contributed by atoms with Crippen LogP contribution in [0.25, 0.3) is 6.08 Å². The van der Waals surface area contributed by atoms with Gasteiger partial charge in [-0.25, -0.2) is 0 Å². The maximum atomic E-state index is 15.4. The lowest BCUT2D eigenvalue weighted by molar-refractivity contribution is -0.385. The zero-order chi connectivity index (χ0) is 51.6. The first kappa shape index (κ1) is 51.1. The molecule has 9 rings (SSSR count). The minimum Gasteiger partial charge on any atom is -0.459 e. The molecule has 2 aliphatic heterocycles. The van der Waals surface area contributed by atoms with E-state index in [9.17, 15) is 30.4 Å². The summed E-state index contributed by atoms with van der Waals surface area (Å²) in [5, 5.41) is 48.4. The topological polar surface area (TPSA) is 215 Å². The molecule has 6 atom stereocenters. The molecule has 0 radical (unpaired) electrons. The van der Waals surface area contributed by atoms with Crippen molar-refractivity contribution in [1.82, 2.24) is 4.90 Å². The molecule has 5 aromatic rings. The molecule has 17 nitrogen and oxygen atoms in total. The summed E-state index contributed by atoms with van der Waals surface area (Å²) < 4.78 is 32.5. The van der Waals surface area contributed by atoms with Gasteiger partial charge < -0.3 is 43.6 Å². The van der Waals surface area contributed by atoms with Crippen LogP contribution in [0.5, 0.6) is 28.7 Å². The van der Waals surface area contributed by atoms with Crippen LogP contribution < -0.4 is 18.9 Å².